The van der Waals surface area contributed by atoms with Crippen molar-refractivity contribution in [3.8, 4) is 0 Å². The molecule has 0 amide bonds. The van der Waals surface area contributed by atoms with Crippen LogP contribution in [0.25, 0.3) is 0 Å². The van der Waals surface area contributed by atoms with Gasteiger partial charge >= 0.3 is 5.97 Å². The van der Waals surface area contributed by atoms with Gasteiger partial charge in [0.05, 0.1) is 7.11 Å². The number of rotatable bonds is 2. The second kappa shape index (κ2) is 5.02. The number of aryl methyl sites for hydroxylation is 2. The molecule has 1 rings (SSSR count). The van der Waals surface area contributed by atoms with Crippen molar-refractivity contribution in [3.63, 3.8) is 0 Å². The lowest BCUT2D eigenvalue weighted by atomic mass is 10.2. The van der Waals surface area contributed by atoms with Gasteiger partial charge in [0.2, 0.25) is 0 Å². The van der Waals surface area contributed by atoms with Crippen molar-refractivity contribution < 1.29 is 13.9 Å². The number of ether oxygens (including phenoxy) is 1. The molecular weight excluding hydrogens is 206 g/mol. The monoisotopic (exact) mass is 219 g/mol. The highest BCUT2D eigenvalue weighted by Gasteiger charge is 2.20. The van der Waals surface area contributed by atoms with Crippen LogP contribution in [0, 0.1) is 13.8 Å². The molecule has 0 bridgehead atoms. The number of halogens is 1. The highest BCUT2D eigenvalue weighted by Crippen LogP contribution is 2.19. The number of furan rings is 1. The molecule has 14 heavy (non-hydrogen) atoms. The van der Waals surface area contributed by atoms with E-state index in [-0.39, 0.29) is 12.4 Å². The third-order valence-electron chi connectivity index (χ3n) is 1.95. The first-order chi connectivity index (χ1) is 6.06. The second-order valence-corrected chi connectivity index (χ2v) is 2.89. The van der Waals surface area contributed by atoms with E-state index in [0.717, 1.165) is 11.3 Å². The van der Waals surface area contributed by atoms with E-state index in [0.29, 0.717) is 5.76 Å². The predicted octanol–water partition coefficient (Wildman–Crippen LogP) is 1.49. The van der Waals surface area contributed by atoms with Gasteiger partial charge in [-0.3, -0.25) is 0 Å². The van der Waals surface area contributed by atoms with Gasteiger partial charge in [0, 0.05) is 0 Å². The summed E-state index contributed by atoms with van der Waals surface area (Å²) in [6.45, 7) is 3.72. The first-order valence-corrected chi connectivity index (χ1v) is 3.96. The molecule has 4 nitrogen and oxygen atoms in total. The smallest absolute Gasteiger partial charge is 0.330 e. The Hall–Kier alpha value is -1.00. The van der Waals surface area contributed by atoms with Crippen LogP contribution < -0.4 is 5.73 Å². The maximum absolute atomic E-state index is 11.0. The molecule has 5 heteroatoms. The van der Waals surface area contributed by atoms with Crippen molar-refractivity contribution in [3.05, 3.63) is 23.2 Å². The fourth-order valence-corrected chi connectivity index (χ4v) is 0.998. The largest absolute Gasteiger partial charge is 0.468 e. The van der Waals surface area contributed by atoms with E-state index in [1.807, 2.05) is 13.8 Å². The van der Waals surface area contributed by atoms with Crippen LogP contribution >= 0.6 is 12.4 Å². The summed E-state index contributed by atoms with van der Waals surface area (Å²) in [5.74, 6) is 0.727. The van der Waals surface area contributed by atoms with Crippen molar-refractivity contribution in [2.24, 2.45) is 5.73 Å². The Bertz CT molecular complexity index is 302. The van der Waals surface area contributed by atoms with Gasteiger partial charge in [-0.05, 0) is 25.5 Å². The van der Waals surface area contributed by atoms with Crippen molar-refractivity contribution in [1.82, 2.24) is 0 Å². The van der Waals surface area contributed by atoms with E-state index < -0.39 is 12.0 Å². The summed E-state index contributed by atoms with van der Waals surface area (Å²) in [5, 5.41) is 0. The molecule has 0 unspecified atom stereocenters. The Morgan fingerprint density at radius 1 is 1.57 bits per heavy atom. The van der Waals surface area contributed by atoms with Crippen LogP contribution in [0.4, 0.5) is 0 Å². The number of carbonyl (C=O) groups excluding carboxylic acids is 1. The van der Waals surface area contributed by atoms with Gasteiger partial charge in [-0.1, -0.05) is 0 Å². The summed E-state index contributed by atoms with van der Waals surface area (Å²) in [4.78, 5) is 11.0. The Labute approximate surface area is 88.8 Å². The molecule has 0 fully saturated rings. The molecule has 80 valence electrons. The summed E-state index contributed by atoms with van der Waals surface area (Å²) in [6.07, 6.45) is 0. The lowest BCUT2D eigenvalue weighted by Gasteiger charge is -2.04. The number of hydrogen-bond acceptors (Lipinski definition) is 4. The molecule has 0 saturated heterocycles. The van der Waals surface area contributed by atoms with E-state index in [4.69, 9.17) is 10.2 Å². The molecule has 2 N–H and O–H groups in total. The van der Waals surface area contributed by atoms with Gasteiger partial charge < -0.3 is 14.9 Å². The van der Waals surface area contributed by atoms with Gasteiger partial charge in [0.15, 0.2) is 6.04 Å². The molecule has 0 aromatic carbocycles. The van der Waals surface area contributed by atoms with Gasteiger partial charge in [0.1, 0.15) is 11.5 Å². The maximum atomic E-state index is 11.0. The lowest BCUT2D eigenvalue weighted by molar-refractivity contribution is -0.142. The minimum Gasteiger partial charge on any atom is -0.468 e. The fourth-order valence-electron chi connectivity index (χ4n) is 0.998. The lowest BCUT2D eigenvalue weighted by Crippen LogP contribution is -2.21. The number of esters is 1. The minimum absolute atomic E-state index is 0. The molecule has 1 heterocycles. The average Bonchev–Trinajstić information content (AvgIpc) is 2.44. The van der Waals surface area contributed by atoms with Crippen LogP contribution in [0.2, 0.25) is 0 Å². The van der Waals surface area contributed by atoms with Crippen LogP contribution in [-0.2, 0) is 9.53 Å². The summed E-state index contributed by atoms with van der Waals surface area (Å²) in [6, 6.07) is 0.925. The SMILES string of the molecule is COC(=O)[C@@H](N)c1cc(C)c(C)o1.Cl. The van der Waals surface area contributed by atoms with Gasteiger partial charge in [-0.15, -0.1) is 12.4 Å². The molecule has 0 aliphatic carbocycles. The van der Waals surface area contributed by atoms with Crippen LogP contribution in [0.5, 0.6) is 0 Å². The van der Waals surface area contributed by atoms with Crippen molar-refractivity contribution >= 4 is 18.4 Å². The van der Waals surface area contributed by atoms with E-state index in [9.17, 15) is 4.79 Å². The summed E-state index contributed by atoms with van der Waals surface area (Å²) < 4.78 is 9.76. The molecule has 0 spiro atoms. The normalized spacial score (nSPS) is 11.7. The highest BCUT2D eigenvalue weighted by molar-refractivity contribution is 5.85. The van der Waals surface area contributed by atoms with E-state index in [1.165, 1.54) is 7.11 Å². The summed E-state index contributed by atoms with van der Waals surface area (Å²) in [7, 11) is 1.30. The zero-order chi connectivity index (χ0) is 10.0. The molecule has 1 aromatic heterocycles. The molecule has 0 aliphatic rings. The Kier molecular flexibility index (Phi) is 4.67. The number of hydrogen-bond donors (Lipinski definition) is 1. The zero-order valence-corrected chi connectivity index (χ0v) is 9.18. The summed E-state index contributed by atoms with van der Waals surface area (Å²) >= 11 is 0. The van der Waals surface area contributed by atoms with Gasteiger partial charge in [-0.2, -0.15) is 0 Å². The van der Waals surface area contributed by atoms with Gasteiger partial charge in [0.25, 0.3) is 0 Å². The Morgan fingerprint density at radius 3 is 2.50 bits per heavy atom. The molecule has 0 radical (unpaired) electrons. The second-order valence-electron chi connectivity index (χ2n) is 2.89. The van der Waals surface area contributed by atoms with Crippen molar-refractivity contribution in [1.29, 1.82) is 0 Å². The van der Waals surface area contributed by atoms with Crippen LogP contribution in [0.3, 0.4) is 0 Å². The highest BCUT2D eigenvalue weighted by atomic mass is 35.5. The van der Waals surface area contributed by atoms with Crippen molar-refractivity contribution in [2.75, 3.05) is 7.11 Å². The maximum Gasteiger partial charge on any atom is 0.330 e. The zero-order valence-electron chi connectivity index (χ0n) is 8.37. The van der Waals surface area contributed by atoms with Gasteiger partial charge in [-0.25, -0.2) is 4.79 Å². The van der Waals surface area contributed by atoms with Crippen LogP contribution in [0.1, 0.15) is 23.1 Å². The topological polar surface area (TPSA) is 65.5 Å². The quantitative estimate of drug-likeness (QED) is 0.766. The Morgan fingerprint density at radius 2 is 2.14 bits per heavy atom. The number of nitrogens with two attached hydrogens (primary N) is 1. The number of methoxy groups -OCH3 is 1. The standard InChI is InChI=1S/C9H13NO3.ClH/c1-5-4-7(13-6(5)2)8(10)9(11)12-3;/h4,8H,10H2,1-3H3;1H/t8-;/m0./s1. The third-order valence-corrected chi connectivity index (χ3v) is 1.95. The third kappa shape index (κ3) is 2.49. The molecule has 0 saturated carbocycles. The average molecular weight is 220 g/mol. The predicted molar refractivity (Wildman–Crippen MR) is 54.4 cm³/mol. The molecule has 0 aliphatic heterocycles. The van der Waals surface area contributed by atoms with Crippen molar-refractivity contribution in [2.45, 2.75) is 19.9 Å². The van der Waals surface area contributed by atoms with E-state index in [2.05, 4.69) is 4.74 Å². The number of carbonyl (C=O) groups is 1. The van der Waals surface area contributed by atoms with Crippen LogP contribution in [-0.4, -0.2) is 13.1 Å². The molecule has 1 atom stereocenters. The molecule has 1 aromatic rings. The van der Waals surface area contributed by atoms with E-state index in [1.54, 1.807) is 6.07 Å². The van der Waals surface area contributed by atoms with Crippen LogP contribution in [0.15, 0.2) is 10.5 Å². The summed E-state index contributed by atoms with van der Waals surface area (Å²) in [5.41, 5.74) is 6.54. The Balaban J connectivity index is 0.00000169. The fraction of sp³-hybridized carbons (Fsp3) is 0.444. The van der Waals surface area contributed by atoms with E-state index >= 15 is 0 Å². The molecular formula is C9H14ClNO3. The first kappa shape index (κ1) is 13.0. The minimum atomic E-state index is -0.822. The first-order valence-electron chi connectivity index (χ1n) is 3.96.